The second-order valence-corrected chi connectivity index (χ2v) is 8.23. The second kappa shape index (κ2) is 8.80. The predicted molar refractivity (Wildman–Crippen MR) is 123 cm³/mol. The zero-order valence-corrected chi connectivity index (χ0v) is 18.5. The lowest BCUT2D eigenvalue weighted by Gasteiger charge is -2.18. The first-order chi connectivity index (χ1) is 14.9. The van der Waals surface area contributed by atoms with E-state index in [9.17, 15) is 4.79 Å². The van der Waals surface area contributed by atoms with Crippen LogP contribution < -0.4 is 5.32 Å². The van der Waals surface area contributed by atoms with Gasteiger partial charge in [-0.2, -0.15) is 5.10 Å². The highest BCUT2D eigenvalue weighted by Crippen LogP contribution is 2.35. The molecule has 5 nitrogen and oxygen atoms in total. The van der Waals surface area contributed by atoms with Crippen LogP contribution in [0.3, 0.4) is 0 Å². The summed E-state index contributed by atoms with van der Waals surface area (Å²) in [5.41, 5.74) is 6.69. The molecule has 0 radical (unpaired) electrons. The summed E-state index contributed by atoms with van der Waals surface area (Å²) in [6.07, 6.45) is 4.22. The zero-order valence-electron chi connectivity index (χ0n) is 18.5. The molecule has 1 aromatic heterocycles. The molecule has 160 valence electrons. The molecule has 1 aliphatic carbocycles. The lowest BCUT2D eigenvalue weighted by molar-refractivity contribution is 0.115. The number of aryl methyl sites for hydroxylation is 2. The SMILES string of the molecule is Cc1ccccc1-n1nc(C)c(C2C=CC(OC(=O)NC(C)c3ccccc3)C2)c1C. The molecule has 1 aliphatic rings. The van der Waals surface area contributed by atoms with Crippen molar-refractivity contribution < 1.29 is 9.53 Å². The number of amides is 1. The van der Waals surface area contributed by atoms with Crippen molar-refractivity contribution >= 4 is 6.09 Å². The van der Waals surface area contributed by atoms with Gasteiger partial charge in [0.1, 0.15) is 6.10 Å². The van der Waals surface area contributed by atoms with E-state index in [0.717, 1.165) is 29.1 Å². The number of hydrogen-bond donors (Lipinski definition) is 1. The van der Waals surface area contributed by atoms with Crippen LogP contribution in [0.15, 0.2) is 66.7 Å². The van der Waals surface area contributed by atoms with Crippen LogP contribution in [0.4, 0.5) is 4.79 Å². The van der Waals surface area contributed by atoms with Crippen LogP contribution in [0.25, 0.3) is 5.69 Å². The average Bonchev–Trinajstić information content (AvgIpc) is 3.32. The topological polar surface area (TPSA) is 56.2 Å². The third-order valence-corrected chi connectivity index (χ3v) is 6.00. The zero-order chi connectivity index (χ0) is 22.0. The van der Waals surface area contributed by atoms with Crippen LogP contribution in [-0.2, 0) is 4.74 Å². The number of allylic oxidation sites excluding steroid dienone is 1. The van der Waals surface area contributed by atoms with E-state index in [4.69, 9.17) is 9.84 Å². The van der Waals surface area contributed by atoms with Crippen molar-refractivity contribution in [2.75, 3.05) is 0 Å². The minimum Gasteiger partial charge on any atom is -0.442 e. The lowest BCUT2D eigenvalue weighted by atomic mass is 9.96. The van der Waals surface area contributed by atoms with Gasteiger partial charge >= 0.3 is 6.09 Å². The van der Waals surface area contributed by atoms with Crippen LogP contribution in [0.2, 0.25) is 0 Å². The summed E-state index contributed by atoms with van der Waals surface area (Å²) in [6.45, 7) is 8.21. The fraction of sp³-hybridized carbons (Fsp3) is 0.308. The molecule has 0 saturated carbocycles. The molecule has 0 saturated heterocycles. The Kier molecular flexibility index (Phi) is 5.94. The summed E-state index contributed by atoms with van der Waals surface area (Å²) in [5, 5.41) is 7.73. The van der Waals surface area contributed by atoms with Gasteiger partial charge in [-0.1, -0.05) is 54.6 Å². The Morgan fingerprint density at radius 2 is 1.77 bits per heavy atom. The molecule has 1 N–H and O–H groups in total. The summed E-state index contributed by atoms with van der Waals surface area (Å²) in [6, 6.07) is 18.0. The van der Waals surface area contributed by atoms with Crippen molar-refractivity contribution in [2.45, 2.75) is 52.2 Å². The van der Waals surface area contributed by atoms with Crippen LogP contribution in [0, 0.1) is 20.8 Å². The fourth-order valence-corrected chi connectivity index (χ4v) is 4.37. The molecule has 0 aliphatic heterocycles. The molecule has 31 heavy (non-hydrogen) atoms. The number of carbonyl (C=O) groups is 1. The Labute approximate surface area is 183 Å². The largest absolute Gasteiger partial charge is 0.442 e. The summed E-state index contributed by atoms with van der Waals surface area (Å²) in [4.78, 5) is 12.4. The first kappa shape index (κ1) is 20.9. The normalized spacial score (nSPS) is 18.7. The molecule has 4 rings (SSSR count). The molecule has 2 aromatic carbocycles. The summed E-state index contributed by atoms with van der Waals surface area (Å²) in [5.74, 6) is 0.183. The monoisotopic (exact) mass is 415 g/mol. The number of nitrogens with zero attached hydrogens (tertiary/aromatic N) is 2. The Balaban J connectivity index is 1.42. The molecular weight excluding hydrogens is 386 g/mol. The van der Waals surface area contributed by atoms with Crippen LogP contribution in [-0.4, -0.2) is 22.0 Å². The van der Waals surface area contributed by atoms with Gasteiger partial charge in [-0.3, -0.25) is 0 Å². The van der Waals surface area contributed by atoms with Gasteiger partial charge in [0.15, 0.2) is 0 Å². The van der Waals surface area contributed by atoms with Gasteiger partial charge < -0.3 is 10.1 Å². The Morgan fingerprint density at radius 1 is 1.06 bits per heavy atom. The molecule has 0 spiro atoms. The van der Waals surface area contributed by atoms with Crippen LogP contribution in [0.1, 0.15) is 53.4 Å². The van der Waals surface area contributed by atoms with Crippen LogP contribution in [0.5, 0.6) is 0 Å². The third-order valence-electron chi connectivity index (χ3n) is 6.00. The maximum atomic E-state index is 12.4. The van der Waals surface area contributed by atoms with Gasteiger partial charge in [-0.05, 0) is 57.4 Å². The van der Waals surface area contributed by atoms with E-state index in [2.05, 4.69) is 37.4 Å². The average molecular weight is 416 g/mol. The smallest absolute Gasteiger partial charge is 0.408 e. The van der Waals surface area contributed by atoms with Gasteiger partial charge in [-0.25, -0.2) is 9.48 Å². The van der Waals surface area contributed by atoms with Gasteiger partial charge in [0.05, 0.1) is 17.4 Å². The third kappa shape index (κ3) is 4.41. The molecule has 3 atom stereocenters. The van der Waals surface area contributed by atoms with Crippen molar-refractivity contribution in [1.82, 2.24) is 15.1 Å². The Hall–Kier alpha value is -3.34. The Morgan fingerprint density at radius 3 is 2.52 bits per heavy atom. The molecule has 0 fully saturated rings. The van der Waals surface area contributed by atoms with Crippen molar-refractivity contribution in [3.8, 4) is 5.69 Å². The summed E-state index contributed by atoms with van der Waals surface area (Å²) in [7, 11) is 0. The molecule has 3 unspecified atom stereocenters. The maximum Gasteiger partial charge on any atom is 0.408 e. The number of rotatable bonds is 5. The highest BCUT2D eigenvalue weighted by atomic mass is 16.6. The number of carbonyl (C=O) groups excluding carboxylic acids is 1. The number of para-hydroxylation sites is 1. The maximum absolute atomic E-state index is 12.4. The van der Waals surface area contributed by atoms with Crippen molar-refractivity contribution in [3.05, 3.63) is 94.8 Å². The lowest BCUT2D eigenvalue weighted by Crippen LogP contribution is -2.30. The van der Waals surface area contributed by atoms with Crippen molar-refractivity contribution in [3.63, 3.8) is 0 Å². The molecular formula is C26H29N3O2. The number of nitrogens with one attached hydrogen (secondary N) is 1. The summed E-state index contributed by atoms with van der Waals surface area (Å²) < 4.78 is 7.71. The quantitative estimate of drug-likeness (QED) is 0.544. The number of benzene rings is 2. The first-order valence-electron chi connectivity index (χ1n) is 10.8. The second-order valence-electron chi connectivity index (χ2n) is 8.23. The van der Waals surface area contributed by atoms with E-state index in [1.165, 1.54) is 11.1 Å². The summed E-state index contributed by atoms with van der Waals surface area (Å²) >= 11 is 0. The Bertz CT molecular complexity index is 1100. The van der Waals surface area contributed by atoms with Crippen molar-refractivity contribution in [1.29, 1.82) is 0 Å². The highest BCUT2D eigenvalue weighted by Gasteiger charge is 2.28. The van der Waals surface area contributed by atoms with E-state index in [0.29, 0.717) is 0 Å². The van der Waals surface area contributed by atoms with Gasteiger partial charge in [0, 0.05) is 17.2 Å². The number of hydrogen-bond acceptors (Lipinski definition) is 3. The molecule has 1 amide bonds. The van der Waals surface area contributed by atoms with Crippen LogP contribution >= 0.6 is 0 Å². The van der Waals surface area contributed by atoms with Crippen molar-refractivity contribution in [2.24, 2.45) is 0 Å². The van der Waals surface area contributed by atoms with E-state index < -0.39 is 6.09 Å². The highest BCUT2D eigenvalue weighted by molar-refractivity contribution is 5.68. The molecule has 5 heteroatoms. The van der Waals surface area contributed by atoms with E-state index in [1.54, 1.807) is 0 Å². The fourth-order valence-electron chi connectivity index (χ4n) is 4.37. The van der Waals surface area contributed by atoms with E-state index in [-0.39, 0.29) is 18.1 Å². The van der Waals surface area contributed by atoms with E-state index in [1.807, 2.05) is 67.1 Å². The first-order valence-corrected chi connectivity index (χ1v) is 10.8. The minimum atomic E-state index is -0.393. The molecule has 1 heterocycles. The predicted octanol–water partition coefficient (Wildman–Crippen LogP) is 5.70. The number of aromatic nitrogens is 2. The molecule has 0 bridgehead atoms. The molecule has 3 aromatic rings. The standard InChI is InChI=1S/C26H29N3O2/c1-17-10-8-9-13-24(17)29-20(4)25(19(3)28-29)22-14-15-23(16-22)31-26(30)27-18(2)21-11-6-5-7-12-21/h5-15,18,22-23H,16H2,1-4H3,(H,27,30). The number of ether oxygens (including phenoxy) is 1. The van der Waals surface area contributed by atoms with Gasteiger partial charge in [0.2, 0.25) is 0 Å². The van der Waals surface area contributed by atoms with Gasteiger partial charge in [0.25, 0.3) is 0 Å². The van der Waals surface area contributed by atoms with E-state index >= 15 is 0 Å². The van der Waals surface area contributed by atoms with Gasteiger partial charge in [-0.15, -0.1) is 0 Å². The number of alkyl carbamates (subject to hydrolysis) is 1. The minimum absolute atomic E-state index is 0.105.